The minimum Gasteiger partial charge on any atom is -0.337 e. The average molecular weight is 389 g/mol. The van der Waals surface area contributed by atoms with Gasteiger partial charge in [-0.1, -0.05) is 54.6 Å². The molecule has 3 aromatic rings. The lowest BCUT2D eigenvalue weighted by atomic mass is 10.1. The molecular weight excluding hydrogens is 370 g/mol. The lowest BCUT2D eigenvalue weighted by molar-refractivity contribution is -0.385. The quantitative estimate of drug-likeness (QED) is 0.507. The van der Waals surface area contributed by atoms with Gasteiger partial charge in [-0.25, -0.2) is 0 Å². The zero-order chi connectivity index (χ0) is 20.8. The van der Waals surface area contributed by atoms with Crippen LogP contribution in [0, 0.1) is 10.1 Å². The van der Waals surface area contributed by atoms with E-state index in [1.807, 2.05) is 30.3 Å². The molecule has 0 atom stereocenters. The summed E-state index contributed by atoms with van der Waals surface area (Å²) in [6.45, 7) is 0.409. The van der Waals surface area contributed by atoms with E-state index in [4.69, 9.17) is 0 Å². The van der Waals surface area contributed by atoms with E-state index >= 15 is 0 Å². The Kier molecular flexibility index (Phi) is 5.99. The predicted molar refractivity (Wildman–Crippen MR) is 110 cm³/mol. The Bertz CT molecular complexity index is 1050. The number of hydrogen-bond donors (Lipinski definition) is 1. The lowest BCUT2D eigenvalue weighted by Gasteiger charge is -2.19. The molecule has 0 heterocycles. The molecule has 29 heavy (non-hydrogen) atoms. The number of nitrogens with one attached hydrogen (secondary N) is 1. The van der Waals surface area contributed by atoms with Gasteiger partial charge in [-0.3, -0.25) is 19.7 Å². The number of nitrogens with zero attached hydrogens (tertiary/aromatic N) is 2. The molecule has 0 saturated heterocycles. The standard InChI is InChI=1S/C22H19N3O4/c1-24(15-16-9-3-2-4-10-16)22(27)17-11-5-7-13-19(17)23-21(26)18-12-6-8-14-20(18)25(28)29/h2-14H,15H2,1H3,(H,23,26). The minimum atomic E-state index is -0.650. The van der Waals surface area contributed by atoms with Crippen molar-refractivity contribution in [1.29, 1.82) is 0 Å². The molecule has 0 aliphatic carbocycles. The van der Waals surface area contributed by atoms with Crippen LogP contribution in [-0.4, -0.2) is 28.7 Å². The first-order chi connectivity index (χ1) is 14.0. The van der Waals surface area contributed by atoms with Crippen LogP contribution in [0.2, 0.25) is 0 Å². The molecule has 146 valence electrons. The van der Waals surface area contributed by atoms with Crippen LogP contribution in [0.3, 0.4) is 0 Å². The molecule has 3 aromatic carbocycles. The number of nitro groups is 1. The molecule has 0 bridgehead atoms. The molecule has 0 aliphatic rings. The van der Waals surface area contributed by atoms with Crippen molar-refractivity contribution >= 4 is 23.2 Å². The first-order valence-electron chi connectivity index (χ1n) is 8.90. The zero-order valence-electron chi connectivity index (χ0n) is 15.7. The lowest BCUT2D eigenvalue weighted by Crippen LogP contribution is -2.27. The van der Waals surface area contributed by atoms with E-state index in [9.17, 15) is 19.7 Å². The Balaban J connectivity index is 1.83. The Hall–Kier alpha value is -4.00. The van der Waals surface area contributed by atoms with E-state index in [0.717, 1.165) is 5.56 Å². The Morgan fingerprint density at radius 1 is 0.897 bits per heavy atom. The molecule has 7 heteroatoms. The number of para-hydroxylation sites is 2. The number of benzene rings is 3. The summed E-state index contributed by atoms with van der Waals surface area (Å²) >= 11 is 0. The molecule has 7 nitrogen and oxygen atoms in total. The van der Waals surface area contributed by atoms with Gasteiger partial charge in [-0.05, 0) is 23.8 Å². The summed E-state index contributed by atoms with van der Waals surface area (Å²) in [5, 5.41) is 13.8. The van der Waals surface area contributed by atoms with Crippen LogP contribution < -0.4 is 5.32 Å². The molecule has 2 amide bonds. The molecule has 0 aliphatic heterocycles. The van der Waals surface area contributed by atoms with E-state index in [0.29, 0.717) is 17.8 Å². The fraction of sp³-hybridized carbons (Fsp3) is 0.0909. The highest BCUT2D eigenvalue weighted by Gasteiger charge is 2.22. The molecule has 1 N–H and O–H groups in total. The number of rotatable bonds is 6. The van der Waals surface area contributed by atoms with E-state index in [2.05, 4.69) is 5.32 Å². The zero-order valence-corrected chi connectivity index (χ0v) is 15.7. The number of carbonyl (C=O) groups is 2. The summed E-state index contributed by atoms with van der Waals surface area (Å²) in [7, 11) is 1.68. The summed E-state index contributed by atoms with van der Waals surface area (Å²) in [6, 6.07) is 21.8. The summed E-state index contributed by atoms with van der Waals surface area (Å²) in [6.07, 6.45) is 0. The van der Waals surface area contributed by atoms with Crippen molar-refractivity contribution in [1.82, 2.24) is 4.90 Å². The van der Waals surface area contributed by atoms with Crippen LogP contribution >= 0.6 is 0 Å². The largest absolute Gasteiger partial charge is 0.337 e. The van der Waals surface area contributed by atoms with Crippen molar-refractivity contribution < 1.29 is 14.5 Å². The van der Waals surface area contributed by atoms with Crippen LogP contribution in [-0.2, 0) is 6.54 Å². The highest BCUT2D eigenvalue weighted by molar-refractivity contribution is 6.10. The fourth-order valence-electron chi connectivity index (χ4n) is 2.93. The van der Waals surface area contributed by atoms with Crippen LogP contribution in [0.4, 0.5) is 11.4 Å². The topological polar surface area (TPSA) is 92.6 Å². The highest BCUT2D eigenvalue weighted by atomic mass is 16.6. The van der Waals surface area contributed by atoms with E-state index in [1.54, 1.807) is 42.3 Å². The number of nitro benzene ring substituents is 1. The van der Waals surface area contributed by atoms with Gasteiger partial charge in [0.2, 0.25) is 0 Å². The van der Waals surface area contributed by atoms with Gasteiger partial charge in [0.15, 0.2) is 0 Å². The highest BCUT2D eigenvalue weighted by Crippen LogP contribution is 2.22. The van der Waals surface area contributed by atoms with Crippen molar-refractivity contribution in [2.24, 2.45) is 0 Å². The van der Waals surface area contributed by atoms with Gasteiger partial charge < -0.3 is 10.2 Å². The smallest absolute Gasteiger partial charge is 0.282 e. The third-order valence-electron chi connectivity index (χ3n) is 4.36. The second kappa shape index (κ2) is 8.79. The third-order valence-corrected chi connectivity index (χ3v) is 4.36. The van der Waals surface area contributed by atoms with Gasteiger partial charge in [-0.2, -0.15) is 0 Å². The van der Waals surface area contributed by atoms with Crippen molar-refractivity contribution in [2.45, 2.75) is 6.54 Å². The van der Waals surface area contributed by atoms with Crippen molar-refractivity contribution in [3.05, 3.63) is 106 Å². The molecule has 0 aromatic heterocycles. The van der Waals surface area contributed by atoms with E-state index < -0.39 is 10.8 Å². The number of hydrogen-bond acceptors (Lipinski definition) is 4. The monoisotopic (exact) mass is 389 g/mol. The van der Waals surface area contributed by atoms with Crippen molar-refractivity contribution in [2.75, 3.05) is 12.4 Å². The average Bonchev–Trinajstić information content (AvgIpc) is 2.74. The molecule has 0 unspecified atom stereocenters. The molecule has 0 fully saturated rings. The summed E-state index contributed by atoms with van der Waals surface area (Å²) in [5.41, 5.74) is 1.20. The Morgan fingerprint density at radius 3 is 2.17 bits per heavy atom. The Morgan fingerprint density at radius 2 is 1.48 bits per heavy atom. The minimum absolute atomic E-state index is 0.0719. The van der Waals surface area contributed by atoms with Gasteiger partial charge in [-0.15, -0.1) is 0 Å². The maximum atomic E-state index is 12.9. The first kappa shape index (κ1) is 19.8. The molecule has 0 radical (unpaired) electrons. The first-order valence-corrected chi connectivity index (χ1v) is 8.90. The van der Waals surface area contributed by atoms with Crippen LogP contribution in [0.15, 0.2) is 78.9 Å². The normalized spacial score (nSPS) is 10.2. The molecule has 3 rings (SSSR count). The Labute approximate surface area is 167 Å². The summed E-state index contributed by atoms with van der Waals surface area (Å²) in [4.78, 5) is 37.7. The van der Waals surface area contributed by atoms with Crippen LogP contribution in [0.1, 0.15) is 26.3 Å². The van der Waals surface area contributed by atoms with Gasteiger partial charge in [0, 0.05) is 19.7 Å². The van der Waals surface area contributed by atoms with E-state index in [1.165, 1.54) is 18.2 Å². The maximum Gasteiger partial charge on any atom is 0.282 e. The van der Waals surface area contributed by atoms with Gasteiger partial charge in [0.25, 0.3) is 17.5 Å². The maximum absolute atomic E-state index is 12.9. The van der Waals surface area contributed by atoms with Crippen molar-refractivity contribution in [3.8, 4) is 0 Å². The van der Waals surface area contributed by atoms with Crippen LogP contribution in [0.25, 0.3) is 0 Å². The number of amides is 2. The van der Waals surface area contributed by atoms with Gasteiger partial charge in [0.05, 0.1) is 16.2 Å². The van der Waals surface area contributed by atoms with Gasteiger partial charge in [0.1, 0.15) is 5.56 Å². The van der Waals surface area contributed by atoms with Crippen LogP contribution in [0.5, 0.6) is 0 Å². The predicted octanol–water partition coefficient (Wildman–Crippen LogP) is 4.12. The van der Waals surface area contributed by atoms with Crippen molar-refractivity contribution in [3.63, 3.8) is 0 Å². The second-order valence-corrected chi connectivity index (χ2v) is 6.42. The fourth-order valence-corrected chi connectivity index (χ4v) is 2.93. The molecule has 0 saturated carbocycles. The molecule has 0 spiro atoms. The van der Waals surface area contributed by atoms with E-state index in [-0.39, 0.29) is 17.2 Å². The summed E-state index contributed by atoms with van der Waals surface area (Å²) < 4.78 is 0. The third kappa shape index (κ3) is 4.65. The number of carbonyl (C=O) groups excluding carboxylic acids is 2. The van der Waals surface area contributed by atoms with Gasteiger partial charge >= 0.3 is 0 Å². The molecular formula is C22H19N3O4. The number of anilines is 1. The summed E-state index contributed by atoms with van der Waals surface area (Å²) in [5.74, 6) is -0.921. The second-order valence-electron chi connectivity index (χ2n) is 6.42. The SMILES string of the molecule is CN(Cc1ccccc1)C(=O)c1ccccc1NC(=O)c1ccccc1[N+](=O)[O-].